The van der Waals surface area contributed by atoms with E-state index < -0.39 is 21.6 Å². The summed E-state index contributed by atoms with van der Waals surface area (Å²) in [5.74, 6) is -0.649. The molecule has 0 radical (unpaired) electrons. The Labute approximate surface area is 117 Å². The van der Waals surface area contributed by atoms with E-state index in [-0.39, 0.29) is 29.8 Å². The van der Waals surface area contributed by atoms with Crippen molar-refractivity contribution < 1.29 is 22.3 Å². The normalized spacial score (nSPS) is 20.6. The average Bonchev–Trinajstić information content (AvgIpc) is 2.75. The highest BCUT2D eigenvalue weighted by atomic mass is 32.2. The summed E-state index contributed by atoms with van der Waals surface area (Å²) in [5, 5.41) is 2.60. The highest BCUT2D eigenvalue weighted by Gasteiger charge is 2.27. The van der Waals surface area contributed by atoms with Crippen molar-refractivity contribution in [3.63, 3.8) is 0 Å². The van der Waals surface area contributed by atoms with Crippen molar-refractivity contribution in [2.45, 2.75) is 6.42 Å². The van der Waals surface area contributed by atoms with Crippen LogP contribution < -0.4 is 10.1 Å². The number of nitrogens with one attached hydrogen (secondary N) is 1. The second-order valence-electron chi connectivity index (χ2n) is 4.79. The first-order valence-corrected chi connectivity index (χ1v) is 8.13. The maximum Gasteiger partial charge on any atom is 0.257 e. The SMILES string of the molecule is O=C(COc1ccccc1F)NC[C@@H]1CCS(=O)(=O)C1. The minimum Gasteiger partial charge on any atom is -0.481 e. The number of hydrogen-bond acceptors (Lipinski definition) is 4. The number of rotatable bonds is 5. The fraction of sp³-hybridized carbons (Fsp3) is 0.462. The van der Waals surface area contributed by atoms with Crippen molar-refractivity contribution in [1.29, 1.82) is 0 Å². The number of sulfone groups is 1. The Hall–Kier alpha value is -1.63. The molecule has 0 saturated carbocycles. The van der Waals surface area contributed by atoms with Gasteiger partial charge in [0.1, 0.15) is 0 Å². The Morgan fingerprint density at radius 3 is 2.80 bits per heavy atom. The first-order chi connectivity index (χ1) is 9.46. The molecule has 1 fully saturated rings. The molecular formula is C13H16FNO4S. The number of carbonyl (C=O) groups excluding carboxylic acids is 1. The van der Waals surface area contributed by atoms with Crippen molar-refractivity contribution in [2.75, 3.05) is 24.7 Å². The largest absolute Gasteiger partial charge is 0.481 e. The average molecular weight is 301 g/mol. The third-order valence-electron chi connectivity index (χ3n) is 3.11. The molecule has 0 unspecified atom stereocenters. The Morgan fingerprint density at radius 2 is 2.15 bits per heavy atom. The molecule has 1 heterocycles. The topological polar surface area (TPSA) is 72.5 Å². The molecule has 1 aromatic carbocycles. The number of para-hydroxylation sites is 1. The first kappa shape index (κ1) is 14.8. The minimum absolute atomic E-state index is 0.0195. The van der Waals surface area contributed by atoms with Gasteiger partial charge in [-0.2, -0.15) is 0 Å². The van der Waals surface area contributed by atoms with E-state index in [0.29, 0.717) is 13.0 Å². The third kappa shape index (κ3) is 4.19. The lowest BCUT2D eigenvalue weighted by atomic mass is 10.1. The van der Waals surface area contributed by atoms with Gasteiger partial charge in [-0.15, -0.1) is 0 Å². The standard InChI is InChI=1S/C13H16FNO4S/c14-11-3-1-2-4-12(11)19-8-13(16)15-7-10-5-6-20(17,18)9-10/h1-4,10H,5-9H2,(H,15,16)/t10-/m0/s1. The fourth-order valence-electron chi connectivity index (χ4n) is 2.05. The van der Waals surface area contributed by atoms with Crippen molar-refractivity contribution in [3.8, 4) is 5.75 Å². The van der Waals surface area contributed by atoms with Gasteiger partial charge in [-0.25, -0.2) is 12.8 Å². The van der Waals surface area contributed by atoms with Gasteiger partial charge in [0.25, 0.3) is 5.91 Å². The van der Waals surface area contributed by atoms with Gasteiger partial charge in [0.05, 0.1) is 11.5 Å². The van der Waals surface area contributed by atoms with Crippen LogP contribution in [-0.4, -0.2) is 39.0 Å². The lowest BCUT2D eigenvalue weighted by Gasteiger charge is -2.10. The molecule has 1 atom stereocenters. The van der Waals surface area contributed by atoms with Crippen LogP contribution in [0.3, 0.4) is 0 Å². The number of ether oxygens (including phenoxy) is 1. The molecule has 110 valence electrons. The molecule has 1 N–H and O–H groups in total. The summed E-state index contributed by atoms with van der Waals surface area (Å²) in [6.45, 7) is 0.0130. The van der Waals surface area contributed by atoms with Crippen LogP contribution >= 0.6 is 0 Å². The second kappa shape index (κ2) is 6.21. The van der Waals surface area contributed by atoms with Crippen molar-refractivity contribution in [1.82, 2.24) is 5.32 Å². The van der Waals surface area contributed by atoms with E-state index in [1.165, 1.54) is 18.2 Å². The second-order valence-corrected chi connectivity index (χ2v) is 7.02. The molecule has 0 aliphatic carbocycles. The van der Waals surface area contributed by atoms with Crippen molar-refractivity contribution in [2.24, 2.45) is 5.92 Å². The zero-order valence-corrected chi connectivity index (χ0v) is 11.7. The van der Waals surface area contributed by atoms with Gasteiger partial charge < -0.3 is 10.1 Å². The van der Waals surface area contributed by atoms with Crippen LogP contribution in [0.2, 0.25) is 0 Å². The van der Waals surface area contributed by atoms with E-state index in [1.807, 2.05) is 0 Å². The fourth-order valence-corrected chi connectivity index (χ4v) is 3.91. The maximum absolute atomic E-state index is 13.2. The van der Waals surface area contributed by atoms with Gasteiger partial charge in [0.2, 0.25) is 0 Å². The number of halogens is 1. The number of benzene rings is 1. The van der Waals surface area contributed by atoms with Gasteiger partial charge in [0, 0.05) is 6.54 Å². The van der Waals surface area contributed by atoms with E-state index in [2.05, 4.69) is 5.32 Å². The molecule has 0 bridgehead atoms. The zero-order chi connectivity index (χ0) is 14.6. The molecule has 0 aromatic heterocycles. The van der Waals surface area contributed by atoms with Crippen molar-refractivity contribution in [3.05, 3.63) is 30.1 Å². The number of carbonyl (C=O) groups is 1. The molecule has 2 rings (SSSR count). The Bertz CT molecular complexity index is 588. The minimum atomic E-state index is -2.94. The lowest BCUT2D eigenvalue weighted by molar-refractivity contribution is -0.123. The Kier molecular flexibility index (Phi) is 4.59. The van der Waals surface area contributed by atoms with Gasteiger partial charge >= 0.3 is 0 Å². The zero-order valence-electron chi connectivity index (χ0n) is 10.8. The van der Waals surface area contributed by atoms with Crippen LogP contribution in [0.15, 0.2) is 24.3 Å². The molecule has 5 nitrogen and oxygen atoms in total. The molecular weight excluding hydrogens is 285 g/mol. The summed E-state index contributed by atoms with van der Waals surface area (Å²) in [4.78, 5) is 11.5. The van der Waals surface area contributed by atoms with Crippen LogP contribution in [0, 0.1) is 11.7 Å². The summed E-state index contributed by atoms with van der Waals surface area (Å²) in [6.07, 6.45) is 0.566. The van der Waals surface area contributed by atoms with Crippen LogP contribution in [-0.2, 0) is 14.6 Å². The molecule has 7 heteroatoms. The Morgan fingerprint density at radius 1 is 1.40 bits per heavy atom. The van der Waals surface area contributed by atoms with E-state index in [4.69, 9.17) is 4.74 Å². The number of amides is 1. The predicted molar refractivity (Wildman–Crippen MR) is 71.7 cm³/mol. The summed E-state index contributed by atoms with van der Waals surface area (Å²) in [7, 11) is -2.94. The smallest absolute Gasteiger partial charge is 0.257 e. The Balaban J connectivity index is 1.73. The molecule has 1 amide bonds. The monoisotopic (exact) mass is 301 g/mol. The van der Waals surface area contributed by atoms with Crippen molar-refractivity contribution >= 4 is 15.7 Å². The van der Waals surface area contributed by atoms with Gasteiger partial charge in [0.15, 0.2) is 28.0 Å². The van der Waals surface area contributed by atoms with E-state index in [9.17, 15) is 17.6 Å². The summed E-state index contributed by atoms with van der Waals surface area (Å²) in [6, 6.07) is 5.82. The summed E-state index contributed by atoms with van der Waals surface area (Å²) < 4.78 is 40.8. The maximum atomic E-state index is 13.2. The van der Waals surface area contributed by atoms with E-state index >= 15 is 0 Å². The third-order valence-corrected chi connectivity index (χ3v) is 4.95. The van der Waals surface area contributed by atoms with Gasteiger partial charge in [-0.05, 0) is 24.5 Å². The van der Waals surface area contributed by atoms with Crippen LogP contribution in [0.1, 0.15) is 6.42 Å². The van der Waals surface area contributed by atoms with Crippen LogP contribution in [0.5, 0.6) is 5.75 Å². The molecule has 1 aliphatic rings. The molecule has 0 spiro atoms. The van der Waals surface area contributed by atoms with Gasteiger partial charge in [-0.3, -0.25) is 4.79 Å². The quantitative estimate of drug-likeness (QED) is 0.871. The molecule has 1 aromatic rings. The highest BCUT2D eigenvalue weighted by molar-refractivity contribution is 7.91. The van der Waals surface area contributed by atoms with E-state index in [0.717, 1.165) is 0 Å². The number of hydrogen-bond donors (Lipinski definition) is 1. The van der Waals surface area contributed by atoms with Crippen LogP contribution in [0.4, 0.5) is 4.39 Å². The van der Waals surface area contributed by atoms with E-state index in [1.54, 1.807) is 6.07 Å². The van der Waals surface area contributed by atoms with Crippen LogP contribution in [0.25, 0.3) is 0 Å². The first-order valence-electron chi connectivity index (χ1n) is 6.31. The highest BCUT2D eigenvalue weighted by Crippen LogP contribution is 2.17. The summed E-state index contributed by atoms with van der Waals surface area (Å²) in [5.41, 5.74) is 0. The van der Waals surface area contributed by atoms with Gasteiger partial charge in [-0.1, -0.05) is 12.1 Å². The molecule has 20 heavy (non-hydrogen) atoms. The molecule has 1 aliphatic heterocycles. The summed E-state index contributed by atoms with van der Waals surface area (Å²) >= 11 is 0. The predicted octanol–water partition coefficient (Wildman–Crippen LogP) is 0.755. The lowest BCUT2D eigenvalue weighted by Crippen LogP contribution is -2.33. The molecule has 1 saturated heterocycles.